The monoisotopic (exact) mass is 265 g/mol. The normalized spacial score (nSPS) is 21.2. The number of carbonyl (C=O) groups excluding carboxylic acids is 1. The van der Waals surface area contributed by atoms with Crippen molar-refractivity contribution < 1.29 is 9.53 Å². The van der Waals surface area contributed by atoms with Gasteiger partial charge in [0.2, 0.25) is 0 Å². The average molecular weight is 265 g/mol. The quantitative estimate of drug-likeness (QED) is 0.848. The fourth-order valence-electron chi connectivity index (χ4n) is 2.37. The second-order valence-electron chi connectivity index (χ2n) is 5.01. The topological polar surface area (TPSA) is 52.3 Å². The van der Waals surface area contributed by atoms with Crippen LogP contribution in [-0.4, -0.2) is 24.9 Å². The molecule has 0 fully saturated rings. The zero-order chi connectivity index (χ0) is 13.2. The van der Waals surface area contributed by atoms with Gasteiger partial charge in [0.15, 0.2) is 0 Å². The molecule has 1 aromatic rings. The molecule has 0 aliphatic carbocycles. The summed E-state index contributed by atoms with van der Waals surface area (Å²) in [6, 6.07) is 8.40. The summed E-state index contributed by atoms with van der Waals surface area (Å²) in [7, 11) is 1.42. The third-order valence-electron chi connectivity index (χ3n) is 3.52. The highest BCUT2D eigenvalue weighted by Gasteiger charge is 2.37. The number of carbonyl (C=O) groups is 1. The van der Waals surface area contributed by atoms with Crippen LogP contribution >= 0.6 is 11.8 Å². The first-order chi connectivity index (χ1) is 8.59. The first-order valence-corrected chi connectivity index (χ1v) is 7.00. The molecule has 98 valence electrons. The maximum Gasteiger partial charge on any atom is 0.312 e. The van der Waals surface area contributed by atoms with E-state index in [1.54, 1.807) is 0 Å². The van der Waals surface area contributed by atoms with Crippen molar-refractivity contribution in [2.24, 2.45) is 11.1 Å². The Balaban J connectivity index is 2.06. The summed E-state index contributed by atoms with van der Waals surface area (Å²) < 4.78 is 4.87. The van der Waals surface area contributed by atoms with E-state index in [-0.39, 0.29) is 5.97 Å². The van der Waals surface area contributed by atoms with Gasteiger partial charge >= 0.3 is 5.97 Å². The van der Waals surface area contributed by atoms with Gasteiger partial charge in [-0.2, -0.15) is 0 Å². The molecule has 0 amide bonds. The van der Waals surface area contributed by atoms with Gasteiger partial charge in [0, 0.05) is 16.7 Å². The van der Waals surface area contributed by atoms with Gasteiger partial charge in [-0.1, -0.05) is 18.2 Å². The van der Waals surface area contributed by atoms with Gasteiger partial charge in [-0.05, 0) is 31.4 Å². The predicted octanol–water partition coefficient (Wildman–Crippen LogP) is 2.23. The van der Waals surface area contributed by atoms with Gasteiger partial charge in [0.05, 0.1) is 12.5 Å². The van der Waals surface area contributed by atoms with Crippen molar-refractivity contribution in [2.45, 2.75) is 29.9 Å². The zero-order valence-electron chi connectivity index (χ0n) is 10.8. The molecule has 0 bridgehead atoms. The molecular weight excluding hydrogens is 246 g/mol. The van der Waals surface area contributed by atoms with Gasteiger partial charge in [0.1, 0.15) is 0 Å². The van der Waals surface area contributed by atoms with Gasteiger partial charge in [-0.3, -0.25) is 4.79 Å². The number of hydrogen-bond acceptors (Lipinski definition) is 4. The Bertz CT molecular complexity index is 424. The summed E-state index contributed by atoms with van der Waals surface area (Å²) in [6.07, 6.45) is 1.77. The maximum absolute atomic E-state index is 11.8. The molecule has 1 aliphatic rings. The summed E-state index contributed by atoms with van der Waals surface area (Å²) in [5.41, 5.74) is 6.55. The summed E-state index contributed by atoms with van der Waals surface area (Å²) in [4.78, 5) is 13.1. The number of ether oxygens (including phenoxy) is 1. The SMILES string of the molecule is COC(=O)C(C)(CN)CC1Cc2ccccc2S1. The Morgan fingerprint density at radius 1 is 1.56 bits per heavy atom. The fraction of sp³-hybridized carbons (Fsp3) is 0.500. The Kier molecular flexibility index (Phi) is 3.97. The van der Waals surface area contributed by atoms with Crippen molar-refractivity contribution in [3.63, 3.8) is 0 Å². The summed E-state index contributed by atoms with van der Waals surface area (Å²) in [6.45, 7) is 2.22. The molecule has 4 heteroatoms. The van der Waals surface area contributed by atoms with Crippen LogP contribution in [0.25, 0.3) is 0 Å². The number of thioether (sulfide) groups is 1. The van der Waals surface area contributed by atoms with Crippen molar-refractivity contribution in [1.82, 2.24) is 0 Å². The minimum absolute atomic E-state index is 0.207. The lowest BCUT2D eigenvalue weighted by molar-refractivity contribution is -0.151. The van der Waals surface area contributed by atoms with Crippen LogP contribution in [0.1, 0.15) is 18.9 Å². The lowest BCUT2D eigenvalue weighted by Gasteiger charge is -2.27. The van der Waals surface area contributed by atoms with Gasteiger partial charge in [0.25, 0.3) is 0 Å². The summed E-state index contributed by atoms with van der Waals surface area (Å²) in [5, 5.41) is 0.412. The maximum atomic E-state index is 11.8. The molecular formula is C14H19NO2S. The van der Waals surface area contributed by atoms with Crippen LogP contribution in [0, 0.1) is 5.41 Å². The number of nitrogens with two attached hydrogens (primary N) is 1. The van der Waals surface area contributed by atoms with E-state index in [4.69, 9.17) is 10.5 Å². The van der Waals surface area contributed by atoms with E-state index in [1.165, 1.54) is 17.6 Å². The van der Waals surface area contributed by atoms with E-state index in [2.05, 4.69) is 24.3 Å². The Morgan fingerprint density at radius 3 is 2.89 bits per heavy atom. The average Bonchev–Trinajstić information content (AvgIpc) is 2.79. The highest BCUT2D eigenvalue weighted by atomic mass is 32.2. The van der Waals surface area contributed by atoms with Crippen LogP contribution in [0.5, 0.6) is 0 Å². The molecule has 0 aromatic heterocycles. The molecule has 18 heavy (non-hydrogen) atoms. The van der Waals surface area contributed by atoms with Gasteiger partial charge < -0.3 is 10.5 Å². The molecule has 1 heterocycles. The standard InChI is InChI=1S/C14H19NO2S/c1-14(9-15,13(16)17-2)8-11-7-10-5-3-4-6-12(10)18-11/h3-6,11H,7-9,15H2,1-2H3. The van der Waals surface area contributed by atoms with Crippen LogP contribution in [0.3, 0.4) is 0 Å². The molecule has 2 atom stereocenters. The minimum atomic E-state index is -0.575. The molecule has 1 aliphatic heterocycles. The molecule has 2 unspecified atom stereocenters. The number of hydrogen-bond donors (Lipinski definition) is 1. The number of methoxy groups -OCH3 is 1. The van der Waals surface area contributed by atoms with Crippen LogP contribution in [0.15, 0.2) is 29.2 Å². The Morgan fingerprint density at radius 2 is 2.28 bits per heavy atom. The number of rotatable bonds is 4. The smallest absolute Gasteiger partial charge is 0.312 e. The van der Waals surface area contributed by atoms with E-state index >= 15 is 0 Å². The van der Waals surface area contributed by atoms with Crippen molar-refractivity contribution in [3.8, 4) is 0 Å². The van der Waals surface area contributed by atoms with Crippen molar-refractivity contribution >= 4 is 17.7 Å². The molecule has 1 aromatic carbocycles. The predicted molar refractivity (Wildman–Crippen MR) is 73.6 cm³/mol. The van der Waals surface area contributed by atoms with Crippen LogP contribution in [-0.2, 0) is 16.0 Å². The van der Waals surface area contributed by atoms with Crippen molar-refractivity contribution in [2.75, 3.05) is 13.7 Å². The molecule has 2 N–H and O–H groups in total. The molecule has 0 spiro atoms. The molecule has 0 saturated heterocycles. The van der Waals surface area contributed by atoms with E-state index in [0.717, 1.165) is 12.8 Å². The number of benzene rings is 1. The first-order valence-electron chi connectivity index (χ1n) is 6.12. The molecule has 3 nitrogen and oxygen atoms in total. The third-order valence-corrected chi connectivity index (χ3v) is 4.84. The number of fused-ring (bicyclic) bond motifs is 1. The zero-order valence-corrected chi connectivity index (χ0v) is 11.6. The van der Waals surface area contributed by atoms with Gasteiger partial charge in [-0.15, -0.1) is 11.8 Å². The lowest BCUT2D eigenvalue weighted by Crippen LogP contribution is -2.39. The van der Waals surface area contributed by atoms with E-state index < -0.39 is 5.41 Å². The van der Waals surface area contributed by atoms with Gasteiger partial charge in [-0.25, -0.2) is 0 Å². The summed E-state index contributed by atoms with van der Waals surface area (Å²) in [5.74, 6) is -0.207. The first kappa shape index (κ1) is 13.4. The van der Waals surface area contributed by atoms with E-state index in [1.807, 2.05) is 18.7 Å². The fourth-order valence-corrected chi connectivity index (χ4v) is 3.90. The summed E-state index contributed by atoms with van der Waals surface area (Å²) >= 11 is 1.84. The minimum Gasteiger partial charge on any atom is -0.469 e. The van der Waals surface area contributed by atoms with Crippen LogP contribution < -0.4 is 5.73 Å². The largest absolute Gasteiger partial charge is 0.469 e. The van der Waals surface area contributed by atoms with Crippen LogP contribution in [0.4, 0.5) is 0 Å². The molecule has 2 rings (SSSR count). The van der Waals surface area contributed by atoms with Crippen LogP contribution in [0.2, 0.25) is 0 Å². The molecule has 0 radical (unpaired) electrons. The van der Waals surface area contributed by atoms with Crippen molar-refractivity contribution in [3.05, 3.63) is 29.8 Å². The Hall–Kier alpha value is -1.00. The second-order valence-corrected chi connectivity index (χ2v) is 6.35. The third kappa shape index (κ3) is 2.54. The highest BCUT2D eigenvalue weighted by molar-refractivity contribution is 8.00. The lowest BCUT2D eigenvalue weighted by atomic mass is 9.84. The Labute approximate surface area is 112 Å². The number of esters is 1. The second kappa shape index (κ2) is 5.33. The van der Waals surface area contributed by atoms with Crippen molar-refractivity contribution in [1.29, 1.82) is 0 Å². The van der Waals surface area contributed by atoms with E-state index in [9.17, 15) is 4.79 Å². The van der Waals surface area contributed by atoms with E-state index in [0.29, 0.717) is 11.8 Å². The molecule has 0 saturated carbocycles. The highest BCUT2D eigenvalue weighted by Crippen LogP contribution is 2.42.